The van der Waals surface area contributed by atoms with E-state index in [0.29, 0.717) is 5.02 Å². The molecule has 0 aromatic heterocycles. The Morgan fingerprint density at radius 3 is 2.34 bits per heavy atom. The predicted octanol–water partition coefficient (Wildman–Crippen LogP) is 4.30. The largest absolute Gasteiger partial charge is 0.272 e. The fraction of sp³-hybridized carbons (Fsp3) is 0.167. The van der Waals surface area contributed by atoms with Gasteiger partial charge in [-0.2, -0.15) is 9.41 Å². The molecule has 0 radical (unpaired) electrons. The predicted molar refractivity (Wildman–Crippen MR) is 127 cm³/mol. The van der Waals surface area contributed by atoms with E-state index in [0.717, 1.165) is 26.6 Å². The number of nitrogens with zero attached hydrogens (tertiary/aromatic N) is 2. The molecule has 0 aliphatic heterocycles. The maximum atomic E-state index is 13.3. The normalized spacial score (nSPS) is 11.8. The summed E-state index contributed by atoms with van der Waals surface area (Å²) in [6.07, 6.45) is 1.47. The molecule has 0 heterocycles. The van der Waals surface area contributed by atoms with E-state index < -0.39 is 15.9 Å². The summed E-state index contributed by atoms with van der Waals surface area (Å²) in [7, 11) is -3.90. The summed E-state index contributed by atoms with van der Waals surface area (Å²) in [5.74, 6) is -0.543. The fourth-order valence-corrected chi connectivity index (χ4v) is 4.53. The standard InChI is InChI=1S/C24H24ClN3O3S/c1-18-6-12-23(13-7-18)32(30,31)28(16-21-5-3-4-19(2)14-21)17-24(29)27-26-15-20-8-10-22(25)11-9-20/h3-15H,16-17H2,1-2H3,(H,27,29)/b26-15-. The second-order valence-corrected chi connectivity index (χ2v) is 9.79. The topological polar surface area (TPSA) is 78.8 Å². The summed E-state index contributed by atoms with van der Waals surface area (Å²) in [6.45, 7) is 3.50. The summed E-state index contributed by atoms with van der Waals surface area (Å²) in [5, 5.41) is 4.52. The molecule has 0 saturated heterocycles. The van der Waals surface area contributed by atoms with Crippen LogP contribution < -0.4 is 5.43 Å². The highest BCUT2D eigenvalue weighted by atomic mass is 35.5. The second-order valence-electron chi connectivity index (χ2n) is 7.42. The molecule has 166 valence electrons. The number of carbonyl (C=O) groups excluding carboxylic acids is 1. The molecule has 3 rings (SSSR count). The summed E-state index contributed by atoms with van der Waals surface area (Å²) < 4.78 is 27.7. The van der Waals surface area contributed by atoms with Crippen LogP contribution in [0.3, 0.4) is 0 Å². The molecule has 6 nitrogen and oxygen atoms in total. The highest BCUT2D eigenvalue weighted by molar-refractivity contribution is 7.89. The molecule has 0 atom stereocenters. The van der Waals surface area contributed by atoms with Crippen LogP contribution in [0.2, 0.25) is 5.02 Å². The van der Waals surface area contributed by atoms with Gasteiger partial charge < -0.3 is 0 Å². The zero-order valence-electron chi connectivity index (χ0n) is 17.8. The minimum atomic E-state index is -3.90. The molecule has 8 heteroatoms. The van der Waals surface area contributed by atoms with Crippen molar-refractivity contribution in [2.75, 3.05) is 6.54 Å². The molecule has 0 spiro atoms. The van der Waals surface area contributed by atoms with Crippen LogP contribution in [0.4, 0.5) is 0 Å². The first kappa shape index (κ1) is 23.7. The molecular weight excluding hydrogens is 446 g/mol. The monoisotopic (exact) mass is 469 g/mol. The van der Waals surface area contributed by atoms with Gasteiger partial charge in [0.1, 0.15) is 0 Å². The van der Waals surface area contributed by atoms with E-state index in [-0.39, 0.29) is 18.0 Å². The van der Waals surface area contributed by atoms with Crippen molar-refractivity contribution in [3.05, 3.63) is 100 Å². The Bertz CT molecular complexity index is 1210. The van der Waals surface area contributed by atoms with Crippen LogP contribution in [-0.4, -0.2) is 31.4 Å². The number of sulfonamides is 1. The van der Waals surface area contributed by atoms with Crippen molar-refractivity contribution < 1.29 is 13.2 Å². The van der Waals surface area contributed by atoms with E-state index >= 15 is 0 Å². The van der Waals surface area contributed by atoms with E-state index in [4.69, 9.17) is 11.6 Å². The van der Waals surface area contributed by atoms with Crippen molar-refractivity contribution in [2.45, 2.75) is 25.3 Å². The molecule has 0 fully saturated rings. The van der Waals surface area contributed by atoms with E-state index in [9.17, 15) is 13.2 Å². The SMILES string of the molecule is Cc1ccc(S(=O)(=O)N(CC(=O)N/N=C\c2ccc(Cl)cc2)Cc2cccc(C)c2)cc1. The van der Waals surface area contributed by atoms with E-state index in [2.05, 4.69) is 10.5 Å². The first-order valence-corrected chi connectivity index (χ1v) is 11.8. The van der Waals surface area contributed by atoms with Crippen LogP contribution in [0.15, 0.2) is 82.8 Å². The van der Waals surface area contributed by atoms with Gasteiger partial charge in [0.15, 0.2) is 0 Å². The Labute approximate surface area is 193 Å². The van der Waals surface area contributed by atoms with Crippen molar-refractivity contribution in [3.63, 3.8) is 0 Å². The Kier molecular flexibility index (Phi) is 7.80. The van der Waals surface area contributed by atoms with Crippen molar-refractivity contribution in [2.24, 2.45) is 5.10 Å². The van der Waals surface area contributed by atoms with Crippen LogP contribution in [0.5, 0.6) is 0 Å². The zero-order valence-corrected chi connectivity index (χ0v) is 19.4. The van der Waals surface area contributed by atoms with Gasteiger partial charge in [-0.1, -0.05) is 71.3 Å². The third-order valence-electron chi connectivity index (χ3n) is 4.69. The van der Waals surface area contributed by atoms with Crippen LogP contribution in [0, 0.1) is 13.8 Å². The smallest absolute Gasteiger partial charge is 0.255 e. The number of carbonyl (C=O) groups is 1. The molecule has 3 aromatic carbocycles. The van der Waals surface area contributed by atoms with Crippen LogP contribution >= 0.6 is 11.6 Å². The lowest BCUT2D eigenvalue weighted by Gasteiger charge is -2.22. The van der Waals surface area contributed by atoms with Gasteiger partial charge in [-0.05, 0) is 49.2 Å². The van der Waals surface area contributed by atoms with Gasteiger partial charge in [-0.25, -0.2) is 13.8 Å². The Hall–Kier alpha value is -3.00. The van der Waals surface area contributed by atoms with Crippen LogP contribution in [-0.2, 0) is 21.4 Å². The highest BCUT2D eigenvalue weighted by Gasteiger charge is 2.27. The molecule has 0 bridgehead atoms. The highest BCUT2D eigenvalue weighted by Crippen LogP contribution is 2.19. The Morgan fingerprint density at radius 2 is 1.69 bits per heavy atom. The van der Waals surface area contributed by atoms with Gasteiger partial charge in [-0.15, -0.1) is 0 Å². The third kappa shape index (κ3) is 6.50. The maximum Gasteiger partial charge on any atom is 0.255 e. The minimum absolute atomic E-state index is 0.0617. The lowest BCUT2D eigenvalue weighted by molar-refractivity contribution is -0.121. The van der Waals surface area contributed by atoms with Crippen LogP contribution in [0.1, 0.15) is 22.3 Å². The van der Waals surface area contributed by atoms with Crippen molar-refractivity contribution in [1.82, 2.24) is 9.73 Å². The average molecular weight is 470 g/mol. The second kappa shape index (κ2) is 10.5. The number of hydrogen-bond acceptors (Lipinski definition) is 4. The van der Waals surface area contributed by atoms with Crippen LogP contribution in [0.25, 0.3) is 0 Å². The number of amides is 1. The number of aryl methyl sites for hydroxylation is 2. The Morgan fingerprint density at radius 1 is 1.00 bits per heavy atom. The van der Waals surface area contributed by atoms with E-state index in [1.165, 1.54) is 6.21 Å². The number of nitrogens with one attached hydrogen (secondary N) is 1. The van der Waals surface area contributed by atoms with Gasteiger partial charge in [0.25, 0.3) is 5.91 Å². The number of halogens is 1. The van der Waals surface area contributed by atoms with Crippen molar-refractivity contribution in [1.29, 1.82) is 0 Å². The number of hydrogen-bond donors (Lipinski definition) is 1. The summed E-state index contributed by atoms with van der Waals surface area (Å²) in [4.78, 5) is 12.7. The molecular formula is C24H24ClN3O3S. The lowest BCUT2D eigenvalue weighted by Crippen LogP contribution is -2.39. The first-order chi connectivity index (χ1) is 15.2. The first-order valence-electron chi connectivity index (χ1n) is 9.94. The molecule has 0 aliphatic rings. The Balaban J connectivity index is 1.79. The molecule has 1 N–H and O–H groups in total. The number of rotatable bonds is 8. The average Bonchev–Trinajstić information content (AvgIpc) is 2.75. The fourth-order valence-electron chi connectivity index (χ4n) is 3.02. The van der Waals surface area contributed by atoms with Crippen molar-refractivity contribution in [3.8, 4) is 0 Å². The lowest BCUT2D eigenvalue weighted by atomic mass is 10.1. The van der Waals surface area contributed by atoms with Gasteiger partial charge in [0.2, 0.25) is 10.0 Å². The summed E-state index contributed by atoms with van der Waals surface area (Å²) in [6, 6.07) is 21.0. The third-order valence-corrected chi connectivity index (χ3v) is 6.75. The molecule has 1 amide bonds. The van der Waals surface area contributed by atoms with Gasteiger partial charge in [-0.3, -0.25) is 4.79 Å². The zero-order chi connectivity index (χ0) is 23.1. The van der Waals surface area contributed by atoms with E-state index in [1.54, 1.807) is 48.5 Å². The molecule has 0 saturated carbocycles. The maximum absolute atomic E-state index is 13.3. The van der Waals surface area contributed by atoms with E-state index in [1.807, 2.05) is 38.1 Å². The minimum Gasteiger partial charge on any atom is -0.272 e. The van der Waals surface area contributed by atoms with Gasteiger partial charge in [0, 0.05) is 11.6 Å². The number of benzene rings is 3. The quantitative estimate of drug-likeness (QED) is 0.394. The molecule has 3 aromatic rings. The number of hydrazone groups is 1. The molecule has 0 aliphatic carbocycles. The van der Waals surface area contributed by atoms with Gasteiger partial charge in [0.05, 0.1) is 17.7 Å². The van der Waals surface area contributed by atoms with Gasteiger partial charge >= 0.3 is 0 Å². The summed E-state index contributed by atoms with van der Waals surface area (Å²) in [5.41, 5.74) is 5.89. The summed E-state index contributed by atoms with van der Waals surface area (Å²) >= 11 is 5.85. The van der Waals surface area contributed by atoms with Crippen molar-refractivity contribution >= 4 is 33.7 Å². The molecule has 32 heavy (non-hydrogen) atoms. The molecule has 0 unspecified atom stereocenters.